The van der Waals surface area contributed by atoms with Gasteiger partial charge in [0, 0.05) is 23.3 Å². The summed E-state index contributed by atoms with van der Waals surface area (Å²) in [5.41, 5.74) is -0.775. The fourth-order valence-corrected chi connectivity index (χ4v) is 3.64. The molecular formula is C8H12ClNO3S. The fraction of sp³-hybridized carbons (Fsp3) is 0.875. The minimum absolute atomic E-state index is 0.0655. The first kappa shape index (κ1) is 10.2. The maximum absolute atomic E-state index is 11.6. The molecule has 2 rings (SSSR count). The molecule has 2 fully saturated rings. The van der Waals surface area contributed by atoms with Gasteiger partial charge < -0.3 is 4.90 Å². The minimum Gasteiger partial charge on any atom is -0.338 e. The third-order valence-electron chi connectivity index (χ3n) is 2.78. The van der Waals surface area contributed by atoms with Gasteiger partial charge in [0.25, 0.3) is 0 Å². The predicted molar refractivity (Wildman–Crippen MR) is 52.5 cm³/mol. The first-order valence-electron chi connectivity index (χ1n) is 4.55. The molecule has 1 heterocycles. The summed E-state index contributed by atoms with van der Waals surface area (Å²) in [6.45, 7) is 2.19. The van der Waals surface area contributed by atoms with Crippen LogP contribution < -0.4 is 0 Å². The summed E-state index contributed by atoms with van der Waals surface area (Å²) >= 11 is 0. The van der Waals surface area contributed by atoms with Crippen molar-refractivity contribution in [3.63, 3.8) is 0 Å². The molecule has 1 atom stereocenters. The van der Waals surface area contributed by atoms with E-state index in [1.165, 1.54) is 0 Å². The molecule has 0 spiro atoms. The van der Waals surface area contributed by atoms with Crippen LogP contribution in [0.5, 0.6) is 0 Å². The Morgan fingerprint density at radius 3 is 2.50 bits per heavy atom. The average molecular weight is 238 g/mol. The lowest BCUT2D eigenvalue weighted by Crippen LogP contribution is -2.62. The second-order valence-corrected chi connectivity index (χ2v) is 7.19. The van der Waals surface area contributed by atoms with Crippen LogP contribution in [0.15, 0.2) is 0 Å². The number of hydrogen-bond acceptors (Lipinski definition) is 3. The number of nitrogens with zero attached hydrogens (tertiary/aromatic N) is 1. The summed E-state index contributed by atoms with van der Waals surface area (Å²) in [5, 5.41) is 0. The van der Waals surface area contributed by atoms with E-state index in [9.17, 15) is 13.2 Å². The van der Waals surface area contributed by atoms with E-state index in [4.69, 9.17) is 10.7 Å². The molecule has 1 saturated carbocycles. The van der Waals surface area contributed by atoms with Crippen molar-refractivity contribution in [1.29, 1.82) is 0 Å². The van der Waals surface area contributed by atoms with Crippen LogP contribution in [-0.4, -0.2) is 37.6 Å². The standard InChI is InChI=1S/C8H12ClNO3S/c1-8(5-14(9,12)13)4-10(7(8)11)6-2-3-6/h6H,2-5H2,1H3. The monoisotopic (exact) mass is 237 g/mol. The van der Waals surface area contributed by atoms with Crippen molar-refractivity contribution in [3.8, 4) is 0 Å². The van der Waals surface area contributed by atoms with Crippen LogP contribution in [0.1, 0.15) is 19.8 Å². The number of likely N-dealkylation sites (tertiary alicyclic amines) is 1. The van der Waals surface area contributed by atoms with Crippen molar-refractivity contribution >= 4 is 25.6 Å². The zero-order valence-corrected chi connectivity index (χ0v) is 9.44. The SMILES string of the molecule is CC1(CS(=O)(=O)Cl)CN(C2CC2)C1=O. The number of halogens is 1. The van der Waals surface area contributed by atoms with Gasteiger partial charge in [0.05, 0.1) is 11.2 Å². The highest BCUT2D eigenvalue weighted by molar-refractivity contribution is 8.13. The molecule has 0 aromatic carbocycles. The molecule has 0 N–H and O–H groups in total. The van der Waals surface area contributed by atoms with E-state index < -0.39 is 14.5 Å². The van der Waals surface area contributed by atoms with Gasteiger partial charge in [-0.05, 0) is 19.8 Å². The molecule has 1 amide bonds. The number of carbonyl (C=O) groups is 1. The van der Waals surface area contributed by atoms with Crippen molar-refractivity contribution in [2.75, 3.05) is 12.3 Å². The van der Waals surface area contributed by atoms with Crippen LogP contribution in [0.25, 0.3) is 0 Å². The van der Waals surface area contributed by atoms with E-state index in [2.05, 4.69) is 0 Å². The summed E-state index contributed by atoms with van der Waals surface area (Å²) in [6, 6.07) is 0.369. The van der Waals surface area contributed by atoms with E-state index in [-0.39, 0.29) is 11.7 Å². The van der Waals surface area contributed by atoms with Crippen LogP contribution in [0.4, 0.5) is 0 Å². The van der Waals surface area contributed by atoms with Crippen molar-refractivity contribution in [1.82, 2.24) is 4.90 Å². The average Bonchev–Trinajstić information content (AvgIpc) is 2.79. The van der Waals surface area contributed by atoms with Crippen molar-refractivity contribution < 1.29 is 13.2 Å². The van der Waals surface area contributed by atoms with E-state index >= 15 is 0 Å². The highest BCUT2D eigenvalue weighted by Crippen LogP contribution is 2.41. The van der Waals surface area contributed by atoms with Crippen LogP contribution >= 0.6 is 10.7 Å². The Labute approximate surface area is 87.6 Å². The summed E-state index contributed by atoms with van der Waals surface area (Å²) in [4.78, 5) is 13.4. The van der Waals surface area contributed by atoms with Crippen LogP contribution in [-0.2, 0) is 13.8 Å². The largest absolute Gasteiger partial charge is 0.338 e. The lowest BCUT2D eigenvalue weighted by molar-refractivity contribution is -0.157. The van der Waals surface area contributed by atoms with E-state index in [0.717, 1.165) is 12.8 Å². The summed E-state index contributed by atoms with van der Waals surface area (Å²) in [6.07, 6.45) is 2.10. The van der Waals surface area contributed by atoms with Crippen molar-refractivity contribution in [3.05, 3.63) is 0 Å². The third-order valence-corrected chi connectivity index (χ3v) is 4.08. The normalized spacial score (nSPS) is 33.0. The number of rotatable bonds is 3. The quantitative estimate of drug-likeness (QED) is 0.533. The highest BCUT2D eigenvalue weighted by Gasteiger charge is 2.54. The molecule has 2 aliphatic rings. The Kier molecular flexibility index (Phi) is 2.09. The smallest absolute Gasteiger partial charge is 0.233 e. The third kappa shape index (κ3) is 1.75. The van der Waals surface area contributed by atoms with Gasteiger partial charge in [0.2, 0.25) is 15.0 Å². The number of β-lactam (4-membered cyclic amide) rings is 1. The molecule has 1 aliphatic carbocycles. The Morgan fingerprint density at radius 2 is 2.14 bits per heavy atom. The molecule has 0 aromatic rings. The van der Waals surface area contributed by atoms with Crippen molar-refractivity contribution in [2.24, 2.45) is 5.41 Å². The molecule has 80 valence electrons. The first-order chi connectivity index (χ1) is 6.32. The second-order valence-electron chi connectivity index (χ2n) is 4.41. The number of carbonyl (C=O) groups excluding carboxylic acids is 1. The highest BCUT2D eigenvalue weighted by atomic mass is 35.7. The zero-order valence-electron chi connectivity index (χ0n) is 7.86. The first-order valence-corrected chi connectivity index (χ1v) is 7.03. The number of amides is 1. The maximum atomic E-state index is 11.6. The van der Waals surface area contributed by atoms with Gasteiger partial charge in [0.15, 0.2) is 0 Å². The molecule has 1 saturated heterocycles. The van der Waals surface area contributed by atoms with E-state index in [0.29, 0.717) is 12.6 Å². The van der Waals surface area contributed by atoms with Crippen LogP contribution in [0.3, 0.4) is 0 Å². The topological polar surface area (TPSA) is 54.5 Å². The summed E-state index contributed by atoms with van der Waals surface area (Å²) in [5.74, 6) is -0.312. The molecule has 0 aromatic heterocycles. The fourth-order valence-electron chi connectivity index (χ4n) is 1.94. The molecule has 1 aliphatic heterocycles. The summed E-state index contributed by atoms with van der Waals surface area (Å²) < 4.78 is 21.7. The van der Waals surface area contributed by atoms with Gasteiger partial charge in [-0.25, -0.2) is 8.42 Å². The van der Waals surface area contributed by atoms with E-state index in [1.54, 1.807) is 11.8 Å². The molecule has 6 heteroatoms. The summed E-state index contributed by atoms with van der Waals surface area (Å²) in [7, 11) is 1.56. The Morgan fingerprint density at radius 1 is 1.57 bits per heavy atom. The molecule has 0 bridgehead atoms. The Bertz CT molecular complexity index is 376. The number of hydrogen-bond donors (Lipinski definition) is 0. The maximum Gasteiger partial charge on any atom is 0.233 e. The predicted octanol–water partition coefficient (Wildman–Crippen LogP) is 0.566. The van der Waals surface area contributed by atoms with Crippen molar-refractivity contribution in [2.45, 2.75) is 25.8 Å². The van der Waals surface area contributed by atoms with Gasteiger partial charge in [-0.2, -0.15) is 0 Å². The lowest BCUT2D eigenvalue weighted by atomic mass is 9.82. The molecule has 4 nitrogen and oxygen atoms in total. The van der Waals surface area contributed by atoms with Gasteiger partial charge in [0.1, 0.15) is 0 Å². The lowest BCUT2D eigenvalue weighted by Gasteiger charge is -2.46. The van der Waals surface area contributed by atoms with Crippen LogP contribution in [0, 0.1) is 5.41 Å². The molecular weight excluding hydrogens is 226 g/mol. The van der Waals surface area contributed by atoms with Gasteiger partial charge in [-0.3, -0.25) is 4.79 Å². The Hall–Kier alpha value is -0.290. The second kappa shape index (κ2) is 2.85. The Balaban J connectivity index is 2.03. The zero-order chi connectivity index (χ0) is 10.6. The van der Waals surface area contributed by atoms with E-state index in [1.807, 2.05) is 0 Å². The van der Waals surface area contributed by atoms with Gasteiger partial charge in [-0.1, -0.05) is 0 Å². The van der Waals surface area contributed by atoms with Gasteiger partial charge in [-0.15, -0.1) is 0 Å². The van der Waals surface area contributed by atoms with Crippen LogP contribution in [0.2, 0.25) is 0 Å². The molecule has 0 radical (unpaired) electrons. The molecule has 14 heavy (non-hydrogen) atoms. The van der Waals surface area contributed by atoms with Gasteiger partial charge >= 0.3 is 0 Å². The minimum atomic E-state index is -3.58. The molecule has 1 unspecified atom stereocenters.